The molecular weight excluding hydrogens is 393 g/mol. The molecule has 2 aromatic rings. The van der Waals surface area contributed by atoms with E-state index in [0.29, 0.717) is 16.1 Å². The lowest BCUT2D eigenvalue weighted by Crippen LogP contribution is -2.19. The van der Waals surface area contributed by atoms with E-state index < -0.39 is 12.1 Å². The Morgan fingerprint density at radius 2 is 1.85 bits per heavy atom. The van der Waals surface area contributed by atoms with Gasteiger partial charge in [-0.05, 0) is 54.1 Å². The number of anilines is 1. The van der Waals surface area contributed by atoms with Crippen molar-refractivity contribution in [3.63, 3.8) is 0 Å². The maximum absolute atomic E-state index is 13.5. The Bertz CT molecular complexity index is 810. The highest BCUT2D eigenvalue weighted by Gasteiger charge is 2.39. The van der Waals surface area contributed by atoms with Crippen molar-refractivity contribution in [3.05, 3.63) is 81.5 Å². The van der Waals surface area contributed by atoms with Crippen molar-refractivity contribution in [2.24, 2.45) is 5.73 Å². The van der Waals surface area contributed by atoms with E-state index in [9.17, 15) is 13.2 Å². The lowest BCUT2D eigenvalue weighted by Gasteiger charge is -2.18. The first-order valence-corrected chi connectivity index (χ1v) is 9.68. The van der Waals surface area contributed by atoms with E-state index in [1.165, 1.54) is 36.2 Å². The standard InChI is InChI=1S/C20H20ClF3N2S/c1-13-9-15(11-16(21)10-13)18(20(22,23)24)8-5-14-3-6-17(7-4-14)26-19(12-25)27-2/h3-12,18,26H,25H2,1-2H3/b8-5+,19-12-. The molecule has 0 spiro atoms. The second-order valence-electron chi connectivity index (χ2n) is 5.92. The number of alkyl halides is 3. The van der Waals surface area contributed by atoms with Gasteiger partial charge in [-0.15, -0.1) is 11.8 Å². The molecule has 0 aromatic heterocycles. The van der Waals surface area contributed by atoms with Crippen LogP contribution in [0.3, 0.4) is 0 Å². The zero-order chi connectivity index (χ0) is 20.0. The van der Waals surface area contributed by atoms with Crippen molar-refractivity contribution < 1.29 is 13.2 Å². The zero-order valence-electron chi connectivity index (χ0n) is 14.8. The third-order valence-electron chi connectivity index (χ3n) is 3.81. The number of nitrogens with two attached hydrogens (primary N) is 1. The molecule has 2 nitrogen and oxygen atoms in total. The summed E-state index contributed by atoms with van der Waals surface area (Å²) in [6, 6.07) is 11.5. The van der Waals surface area contributed by atoms with E-state index in [2.05, 4.69) is 5.32 Å². The molecule has 0 amide bonds. The van der Waals surface area contributed by atoms with E-state index in [4.69, 9.17) is 17.3 Å². The molecule has 0 aliphatic heterocycles. The number of nitrogens with one attached hydrogen (secondary N) is 1. The summed E-state index contributed by atoms with van der Waals surface area (Å²) < 4.78 is 40.6. The molecule has 27 heavy (non-hydrogen) atoms. The molecule has 0 saturated carbocycles. The highest BCUT2D eigenvalue weighted by Crippen LogP contribution is 2.37. The molecule has 2 aromatic carbocycles. The minimum Gasteiger partial charge on any atom is -0.402 e. The first-order valence-electron chi connectivity index (χ1n) is 8.08. The van der Waals surface area contributed by atoms with Crippen LogP contribution in [-0.2, 0) is 0 Å². The third-order valence-corrected chi connectivity index (χ3v) is 4.70. The number of benzene rings is 2. The van der Waals surface area contributed by atoms with Crippen LogP contribution in [0, 0.1) is 6.92 Å². The van der Waals surface area contributed by atoms with Crippen LogP contribution in [0.5, 0.6) is 0 Å². The van der Waals surface area contributed by atoms with Crippen LogP contribution in [-0.4, -0.2) is 12.4 Å². The molecule has 0 saturated heterocycles. The number of aryl methyl sites for hydroxylation is 1. The molecule has 0 heterocycles. The first-order chi connectivity index (χ1) is 12.7. The van der Waals surface area contributed by atoms with Crippen molar-refractivity contribution in [1.82, 2.24) is 0 Å². The summed E-state index contributed by atoms with van der Waals surface area (Å²) >= 11 is 7.39. The Morgan fingerprint density at radius 3 is 2.37 bits per heavy atom. The first kappa shape index (κ1) is 21.3. The Kier molecular flexibility index (Phi) is 7.27. The Morgan fingerprint density at radius 1 is 1.19 bits per heavy atom. The molecule has 3 N–H and O–H groups in total. The summed E-state index contributed by atoms with van der Waals surface area (Å²) in [5.74, 6) is -1.73. The van der Waals surface area contributed by atoms with Gasteiger partial charge in [-0.3, -0.25) is 0 Å². The fourth-order valence-electron chi connectivity index (χ4n) is 2.54. The van der Waals surface area contributed by atoms with Crippen LogP contribution >= 0.6 is 23.4 Å². The van der Waals surface area contributed by atoms with E-state index in [0.717, 1.165) is 16.8 Å². The topological polar surface area (TPSA) is 38.0 Å². The van der Waals surface area contributed by atoms with Crippen molar-refractivity contribution in [1.29, 1.82) is 0 Å². The number of hydrogen-bond donors (Lipinski definition) is 2. The average molecular weight is 413 g/mol. The summed E-state index contributed by atoms with van der Waals surface area (Å²) in [6.07, 6.45) is 1.55. The van der Waals surface area contributed by atoms with Crippen LogP contribution in [0.4, 0.5) is 18.9 Å². The van der Waals surface area contributed by atoms with E-state index >= 15 is 0 Å². The summed E-state index contributed by atoms with van der Waals surface area (Å²) in [5, 5.41) is 4.19. The number of rotatable bonds is 6. The van der Waals surface area contributed by atoms with Gasteiger partial charge in [0.15, 0.2) is 0 Å². The molecule has 0 aliphatic carbocycles. The van der Waals surface area contributed by atoms with Crippen LogP contribution in [0.25, 0.3) is 6.08 Å². The maximum Gasteiger partial charge on any atom is 0.399 e. The molecule has 0 radical (unpaired) electrons. The Labute approximate surface area is 166 Å². The fourth-order valence-corrected chi connectivity index (χ4v) is 3.20. The monoisotopic (exact) mass is 412 g/mol. The Balaban J connectivity index is 2.24. The number of halogens is 4. The average Bonchev–Trinajstić information content (AvgIpc) is 2.59. The SMILES string of the molecule is CS/C(=C\N)Nc1ccc(/C=C/C(c2cc(C)cc(Cl)c2)C(F)(F)F)cc1. The molecule has 0 aliphatic rings. The van der Waals surface area contributed by atoms with Gasteiger partial charge in [-0.25, -0.2) is 0 Å². The second kappa shape index (κ2) is 9.24. The molecule has 0 bridgehead atoms. The zero-order valence-corrected chi connectivity index (χ0v) is 16.4. The fraction of sp³-hybridized carbons (Fsp3) is 0.200. The summed E-state index contributed by atoms with van der Waals surface area (Å²) in [4.78, 5) is 0. The van der Waals surface area contributed by atoms with E-state index in [1.807, 2.05) is 6.26 Å². The van der Waals surface area contributed by atoms with Crippen LogP contribution in [0.2, 0.25) is 5.02 Å². The molecule has 1 unspecified atom stereocenters. The molecule has 0 fully saturated rings. The van der Waals surface area contributed by atoms with Crippen molar-refractivity contribution >= 4 is 35.1 Å². The lowest BCUT2D eigenvalue weighted by atomic mass is 9.95. The van der Waals surface area contributed by atoms with Gasteiger partial charge in [0.1, 0.15) is 0 Å². The maximum atomic E-state index is 13.5. The van der Waals surface area contributed by atoms with E-state index in [-0.39, 0.29) is 5.56 Å². The number of thioether (sulfide) groups is 1. The molecule has 1 atom stereocenters. The van der Waals surface area contributed by atoms with Crippen molar-refractivity contribution in [3.8, 4) is 0 Å². The van der Waals surface area contributed by atoms with Gasteiger partial charge >= 0.3 is 6.18 Å². The summed E-state index contributed by atoms with van der Waals surface area (Å²) in [6.45, 7) is 1.72. The summed E-state index contributed by atoms with van der Waals surface area (Å²) in [5.41, 5.74) is 7.76. The largest absolute Gasteiger partial charge is 0.402 e. The number of hydrogen-bond acceptors (Lipinski definition) is 3. The quantitative estimate of drug-likeness (QED) is 0.565. The van der Waals surface area contributed by atoms with Gasteiger partial charge in [0.25, 0.3) is 0 Å². The van der Waals surface area contributed by atoms with Crippen molar-refractivity contribution in [2.75, 3.05) is 11.6 Å². The van der Waals surface area contributed by atoms with Crippen LogP contribution in [0.15, 0.2) is 59.8 Å². The predicted octanol–water partition coefficient (Wildman–Crippen LogP) is 6.54. The van der Waals surface area contributed by atoms with Gasteiger partial charge in [0.2, 0.25) is 0 Å². The smallest absolute Gasteiger partial charge is 0.399 e. The summed E-state index contributed by atoms with van der Waals surface area (Å²) in [7, 11) is 0. The predicted molar refractivity (Wildman–Crippen MR) is 110 cm³/mol. The molecular formula is C20H20ClF3N2S. The lowest BCUT2D eigenvalue weighted by molar-refractivity contribution is -0.139. The highest BCUT2D eigenvalue weighted by molar-refractivity contribution is 8.02. The van der Waals surface area contributed by atoms with Gasteiger partial charge in [0.05, 0.1) is 10.9 Å². The minimum atomic E-state index is -4.41. The normalized spacial score (nSPS) is 13.8. The van der Waals surface area contributed by atoms with Crippen LogP contribution in [0.1, 0.15) is 22.6 Å². The highest BCUT2D eigenvalue weighted by atomic mass is 35.5. The number of allylic oxidation sites excluding steroid dienone is 1. The van der Waals surface area contributed by atoms with Gasteiger partial charge in [-0.1, -0.05) is 42.0 Å². The van der Waals surface area contributed by atoms with E-state index in [1.54, 1.807) is 37.3 Å². The third kappa shape index (κ3) is 6.26. The minimum absolute atomic E-state index is 0.125. The second-order valence-corrected chi connectivity index (χ2v) is 7.21. The molecule has 2 rings (SSSR count). The Hall–Kier alpha value is -2.05. The van der Waals surface area contributed by atoms with Gasteiger partial charge in [-0.2, -0.15) is 13.2 Å². The van der Waals surface area contributed by atoms with Crippen molar-refractivity contribution in [2.45, 2.75) is 19.0 Å². The molecule has 7 heteroatoms. The molecule has 144 valence electrons. The van der Waals surface area contributed by atoms with Crippen LogP contribution < -0.4 is 11.1 Å². The van der Waals surface area contributed by atoms with Gasteiger partial charge < -0.3 is 11.1 Å². The van der Waals surface area contributed by atoms with Gasteiger partial charge in [0, 0.05) is 16.9 Å².